The van der Waals surface area contributed by atoms with Crippen molar-refractivity contribution in [1.29, 1.82) is 0 Å². The zero-order chi connectivity index (χ0) is 13.1. The van der Waals surface area contributed by atoms with E-state index in [0.29, 0.717) is 18.2 Å². The molecule has 1 fully saturated rings. The van der Waals surface area contributed by atoms with Gasteiger partial charge in [-0.1, -0.05) is 0 Å². The fourth-order valence-corrected chi connectivity index (χ4v) is 2.61. The normalized spacial score (nSPS) is 19.9. The molecule has 1 aliphatic heterocycles. The second-order valence-electron chi connectivity index (χ2n) is 4.81. The first-order valence-electron chi connectivity index (χ1n) is 6.35. The van der Waals surface area contributed by atoms with Crippen molar-refractivity contribution in [3.05, 3.63) is 33.9 Å². The maximum absolute atomic E-state index is 10.8. The molecule has 0 radical (unpaired) electrons. The Bertz CT molecular complexity index is 448. The number of nitro benzene ring substituents is 1. The molecule has 0 amide bonds. The van der Waals surface area contributed by atoms with Gasteiger partial charge >= 0.3 is 0 Å². The topological polar surface area (TPSA) is 72.4 Å². The molecule has 1 saturated heterocycles. The van der Waals surface area contributed by atoms with E-state index in [1.165, 1.54) is 6.42 Å². The number of nitrogens with zero attached hydrogens (tertiary/aromatic N) is 2. The zero-order valence-corrected chi connectivity index (χ0v) is 10.6. The molecule has 5 heteroatoms. The Morgan fingerprint density at radius 2 is 2.28 bits per heavy atom. The van der Waals surface area contributed by atoms with E-state index < -0.39 is 0 Å². The quantitative estimate of drug-likeness (QED) is 0.658. The number of rotatable bonds is 3. The van der Waals surface area contributed by atoms with Crippen molar-refractivity contribution in [3.63, 3.8) is 0 Å². The number of aryl methyl sites for hydroxylation is 1. The van der Waals surface area contributed by atoms with E-state index in [2.05, 4.69) is 4.90 Å². The van der Waals surface area contributed by atoms with Gasteiger partial charge in [-0.3, -0.25) is 10.1 Å². The number of hydrogen-bond acceptors (Lipinski definition) is 4. The average molecular weight is 249 g/mol. The van der Waals surface area contributed by atoms with Gasteiger partial charge in [-0.15, -0.1) is 0 Å². The van der Waals surface area contributed by atoms with Crippen molar-refractivity contribution in [3.8, 4) is 0 Å². The molecule has 1 unspecified atom stereocenters. The van der Waals surface area contributed by atoms with Crippen molar-refractivity contribution >= 4 is 11.4 Å². The summed E-state index contributed by atoms with van der Waals surface area (Å²) in [5.74, 6) is 0. The molecule has 1 aromatic rings. The highest BCUT2D eigenvalue weighted by Gasteiger charge is 2.22. The van der Waals surface area contributed by atoms with Crippen molar-refractivity contribution in [2.24, 2.45) is 5.73 Å². The van der Waals surface area contributed by atoms with Gasteiger partial charge in [0.2, 0.25) is 0 Å². The van der Waals surface area contributed by atoms with Gasteiger partial charge in [0, 0.05) is 36.4 Å². The van der Waals surface area contributed by atoms with Gasteiger partial charge in [0.25, 0.3) is 5.69 Å². The molecule has 0 saturated carbocycles. The Morgan fingerprint density at radius 3 is 2.89 bits per heavy atom. The van der Waals surface area contributed by atoms with E-state index in [4.69, 9.17) is 5.73 Å². The Morgan fingerprint density at radius 1 is 1.50 bits per heavy atom. The molecule has 1 heterocycles. The van der Waals surface area contributed by atoms with Crippen LogP contribution in [0.15, 0.2) is 18.2 Å². The van der Waals surface area contributed by atoms with E-state index in [0.717, 1.165) is 25.1 Å². The summed E-state index contributed by atoms with van der Waals surface area (Å²) in [6.45, 7) is 3.40. The summed E-state index contributed by atoms with van der Waals surface area (Å²) in [6.07, 6.45) is 3.48. The molecule has 0 bridgehead atoms. The highest BCUT2D eigenvalue weighted by Crippen LogP contribution is 2.28. The van der Waals surface area contributed by atoms with Crippen molar-refractivity contribution in [2.45, 2.75) is 32.2 Å². The van der Waals surface area contributed by atoms with Crippen LogP contribution in [0.25, 0.3) is 0 Å². The minimum Gasteiger partial charge on any atom is -0.367 e. The fraction of sp³-hybridized carbons (Fsp3) is 0.538. The van der Waals surface area contributed by atoms with Crippen LogP contribution in [0.4, 0.5) is 11.4 Å². The molecule has 0 aliphatic carbocycles. The third-order valence-electron chi connectivity index (χ3n) is 3.61. The fourth-order valence-electron chi connectivity index (χ4n) is 2.61. The molecular formula is C13H19N3O2. The summed E-state index contributed by atoms with van der Waals surface area (Å²) in [5.41, 5.74) is 7.73. The van der Waals surface area contributed by atoms with E-state index >= 15 is 0 Å². The Hall–Kier alpha value is -1.62. The average Bonchev–Trinajstić information content (AvgIpc) is 2.38. The van der Waals surface area contributed by atoms with Gasteiger partial charge < -0.3 is 10.6 Å². The SMILES string of the molecule is Cc1cc(N2CCCCC2CN)ccc1[N+](=O)[O-]. The lowest BCUT2D eigenvalue weighted by atomic mass is 10.0. The largest absolute Gasteiger partial charge is 0.367 e. The molecule has 2 N–H and O–H groups in total. The van der Waals surface area contributed by atoms with E-state index in [1.54, 1.807) is 13.0 Å². The first kappa shape index (κ1) is 12.8. The van der Waals surface area contributed by atoms with Gasteiger partial charge in [0.15, 0.2) is 0 Å². The zero-order valence-electron chi connectivity index (χ0n) is 10.6. The van der Waals surface area contributed by atoms with Gasteiger partial charge in [0.1, 0.15) is 0 Å². The molecule has 1 aliphatic rings. The third kappa shape index (κ3) is 2.46. The second kappa shape index (κ2) is 5.35. The standard InChI is InChI=1S/C13H19N3O2/c1-10-8-11(5-6-13(10)16(17)18)15-7-3-2-4-12(15)9-14/h5-6,8,12H,2-4,7,9,14H2,1H3. The Labute approximate surface area is 107 Å². The minimum absolute atomic E-state index is 0.181. The van der Waals surface area contributed by atoms with Crippen molar-refractivity contribution in [2.75, 3.05) is 18.0 Å². The number of anilines is 1. The molecule has 1 aromatic carbocycles. The minimum atomic E-state index is -0.338. The second-order valence-corrected chi connectivity index (χ2v) is 4.81. The molecule has 98 valence electrons. The lowest BCUT2D eigenvalue weighted by molar-refractivity contribution is -0.385. The van der Waals surface area contributed by atoms with Gasteiger partial charge in [-0.25, -0.2) is 0 Å². The monoisotopic (exact) mass is 249 g/mol. The van der Waals surface area contributed by atoms with Gasteiger partial charge in [-0.2, -0.15) is 0 Å². The highest BCUT2D eigenvalue weighted by molar-refractivity contribution is 5.56. The van der Waals surface area contributed by atoms with E-state index in [-0.39, 0.29) is 10.6 Å². The summed E-state index contributed by atoms with van der Waals surface area (Å²) in [5, 5.41) is 10.8. The molecule has 18 heavy (non-hydrogen) atoms. The molecule has 0 aromatic heterocycles. The lowest BCUT2D eigenvalue weighted by Gasteiger charge is -2.37. The number of nitro groups is 1. The van der Waals surface area contributed by atoms with Crippen LogP contribution in [-0.2, 0) is 0 Å². The van der Waals surface area contributed by atoms with Crippen molar-refractivity contribution in [1.82, 2.24) is 0 Å². The van der Waals surface area contributed by atoms with Crippen LogP contribution >= 0.6 is 0 Å². The van der Waals surface area contributed by atoms with Crippen molar-refractivity contribution < 1.29 is 4.92 Å². The number of nitrogens with two attached hydrogens (primary N) is 1. The first-order chi connectivity index (χ1) is 8.63. The van der Waals surface area contributed by atoms with Gasteiger partial charge in [-0.05, 0) is 38.3 Å². The molecule has 2 rings (SSSR count). The maximum Gasteiger partial charge on any atom is 0.272 e. The summed E-state index contributed by atoms with van der Waals surface area (Å²) in [6, 6.07) is 5.68. The highest BCUT2D eigenvalue weighted by atomic mass is 16.6. The molecule has 0 spiro atoms. The summed E-state index contributed by atoms with van der Waals surface area (Å²) < 4.78 is 0. The molecule has 5 nitrogen and oxygen atoms in total. The first-order valence-corrected chi connectivity index (χ1v) is 6.35. The molecule has 1 atom stereocenters. The number of benzene rings is 1. The van der Waals surface area contributed by atoms with E-state index in [1.807, 2.05) is 12.1 Å². The van der Waals surface area contributed by atoms with E-state index in [9.17, 15) is 10.1 Å². The Balaban J connectivity index is 2.27. The van der Waals surface area contributed by atoms with Crippen LogP contribution in [-0.4, -0.2) is 24.1 Å². The smallest absolute Gasteiger partial charge is 0.272 e. The predicted octanol–water partition coefficient (Wildman–Crippen LogP) is 2.22. The van der Waals surface area contributed by atoms with Crippen LogP contribution in [0, 0.1) is 17.0 Å². The maximum atomic E-state index is 10.8. The predicted molar refractivity (Wildman–Crippen MR) is 71.9 cm³/mol. The van der Waals surface area contributed by atoms with Gasteiger partial charge in [0.05, 0.1) is 4.92 Å². The summed E-state index contributed by atoms with van der Waals surface area (Å²) >= 11 is 0. The third-order valence-corrected chi connectivity index (χ3v) is 3.61. The Kier molecular flexibility index (Phi) is 3.81. The van der Waals surface area contributed by atoms with Crippen LogP contribution < -0.4 is 10.6 Å². The number of piperidine rings is 1. The van der Waals surface area contributed by atoms with Crippen LogP contribution in [0.3, 0.4) is 0 Å². The number of hydrogen-bond donors (Lipinski definition) is 1. The van der Waals surface area contributed by atoms with Crippen LogP contribution in [0.1, 0.15) is 24.8 Å². The van der Waals surface area contributed by atoms with Crippen LogP contribution in [0.2, 0.25) is 0 Å². The summed E-state index contributed by atoms with van der Waals surface area (Å²) in [7, 11) is 0. The van der Waals surface area contributed by atoms with Crippen LogP contribution in [0.5, 0.6) is 0 Å². The lowest BCUT2D eigenvalue weighted by Crippen LogP contribution is -2.44. The summed E-state index contributed by atoms with van der Waals surface area (Å²) in [4.78, 5) is 12.7. The molecular weight excluding hydrogens is 230 g/mol.